The van der Waals surface area contributed by atoms with Gasteiger partial charge in [0.25, 0.3) is 5.91 Å². The molecular formula is C15H15N3O2. The van der Waals surface area contributed by atoms with Gasteiger partial charge in [-0.25, -0.2) is 0 Å². The van der Waals surface area contributed by atoms with E-state index in [2.05, 4.69) is 16.2 Å². The Balaban J connectivity index is 2.00. The van der Waals surface area contributed by atoms with Gasteiger partial charge in [-0.05, 0) is 43.3 Å². The summed E-state index contributed by atoms with van der Waals surface area (Å²) in [5.41, 5.74) is 8.16. The average Bonchev–Trinajstić information content (AvgIpc) is 2.47. The molecule has 0 aromatic heterocycles. The quantitative estimate of drug-likeness (QED) is 0.576. The first kappa shape index (κ1) is 13.6. The monoisotopic (exact) mass is 269 g/mol. The molecule has 0 spiro atoms. The number of aryl methyl sites for hydroxylation is 1. The zero-order valence-electron chi connectivity index (χ0n) is 11.0. The molecule has 0 heterocycles. The smallest absolute Gasteiger partial charge is 0.255 e. The zero-order valence-corrected chi connectivity index (χ0v) is 11.0. The van der Waals surface area contributed by atoms with Crippen LogP contribution in [0.4, 0.5) is 11.4 Å². The SMILES string of the molecule is Cc1ccc(C(=O)Nc2ccc(NNC=O)cc2)cc1. The van der Waals surface area contributed by atoms with E-state index >= 15 is 0 Å². The van der Waals surface area contributed by atoms with Crippen molar-refractivity contribution in [3.63, 3.8) is 0 Å². The van der Waals surface area contributed by atoms with Gasteiger partial charge in [0.1, 0.15) is 0 Å². The van der Waals surface area contributed by atoms with Gasteiger partial charge in [-0.1, -0.05) is 17.7 Å². The number of anilines is 2. The van der Waals surface area contributed by atoms with E-state index in [1.165, 1.54) is 0 Å². The van der Waals surface area contributed by atoms with Crippen molar-refractivity contribution in [2.24, 2.45) is 0 Å². The van der Waals surface area contributed by atoms with Crippen LogP contribution in [-0.4, -0.2) is 12.3 Å². The Morgan fingerprint density at radius 2 is 1.55 bits per heavy atom. The predicted molar refractivity (Wildman–Crippen MR) is 78.4 cm³/mol. The molecule has 2 aromatic carbocycles. The third kappa shape index (κ3) is 3.58. The number of amides is 2. The van der Waals surface area contributed by atoms with E-state index in [0.717, 1.165) is 11.3 Å². The first-order valence-electron chi connectivity index (χ1n) is 6.12. The van der Waals surface area contributed by atoms with Crippen LogP contribution in [0.1, 0.15) is 15.9 Å². The normalized spacial score (nSPS) is 9.65. The van der Waals surface area contributed by atoms with Crippen LogP contribution in [-0.2, 0) is 4.79 Å². The van der Waals surface area contributed by atoms with Gasteiger partial charge in [0, 0.05) is 11.3 Å². The minimum atomic E-state index is -0.156. The molecule has 0 atom stereocenters. The van der Waals surface area contributed by atoms with Crippen molar-refractivity contribution in [1.29, 1.82) is 0 Å². The van der Waals surface area contributed by atoms with Crippen LogP contribution >= 0.6 is 0 Å². The highest BCUT2D eigenvalue weighted by Crippen LogP contribution is 2.14. The lowest BCUT2D eigenvalue weighted by atomic mass is 10.1. The summed E-state index contributed by atoms with van der Waals surface area (Å²) in [7, 11) is 0. The Morgan fingerprint density at radius 1 is 0.950 bits per heavy atom. The molecule has 0 bridgehead atoms. The van der Waals surface area contributed by atoms with E-state index in [4.69, 9.17) is 0 Å². The zero-order chi connectivity index (χ0) is 14.4. The number of hydrazine groups is 1. The second kappa shape index (κ2) is 6.38. The molecule has 0 aliphatic heterocycles. The molecule has 5 heteroatoms. The number of carbonyl (C=O) groups is 2. The Bertz CT molecular complexity index is 592. The minimum Gasteiger partial charge on any atom is -0.322 e. The van der Waals surface area contributed by atoms with Gasteiger partial charge in [0.15, 0.2) is 0 Å². The molecule has 20 heavy (non-hydrogen) atoms. The van der Waals surface area contributed by atoms with Gasteiger partial charge >= 0.3 is 0 Å². The van der Waals surface area contributed by atoms with Crippen molar-refractivity contribution < 1.29 is 9.59 Å². The number of carbonyl (C=O) groups excluding carboxylic acids is 2. The Labute approximate surface area is 117 Å². The van der Waals surface area contributed by atoms with Crippen molar-refractivity contribution in [3.05, 3.63) is 59.7 Å². The summed E-state index contributed by atoms with van der Waals surface area (Å²) < 4.78 is 0. The molecule has 102 valence electrons. The van der Waals surface area contributed by atoms with E-state index in [1.54, 1.807) is 36.4 Å². The van der Waals surface area contributed by atoms with Gasteiger partial charge in [-0.2, -0.15) is 0 Å². The van der Waals surface area contributed by atoms with Crippen LogP contribution in [0.15, 0.2) is 48.5 Å². The van der Waals surface area contributed by atoms with Crippen LogP contribution in [0.25, 0.3) is 0 Å². The number of hydrogen-bond acceptors (Lipinski definition) is 3. The number of rotatable bonds is 5. The van der Waals surface area contributed by atoms with E-state index < -0.39 is 0 Å². The number of hydrogen-bond donors (Lipinski definition) is 3. The van der Waals surface area contributed by atoms with E-state index in [9.17, 15) is 9.59 Å². The maximum Gasteiger partial charge on any atom is 0.255 e. The maximum absolute atomic E-state index is 12.0. The van der Waals surface area contributed by atoms with Crippen LogP contribution in [0.3, 0.4) is 0 Å². The summed E-state index contributed by atoms with van der Waals surface area (Å²) in [6.07, 6.45) is 0.549. The van der Waals surface area contributed by atoms with Gasteiger partial charge in [0.2, 0.25) is 6.41 Å². The molecule has 2 aromatic rings. The third-order valence-corrected chi connectivity index (χ3v) is 2.73. The second-order valence-corrected chi connectivity index (χ2v) is 4.28. The molecule has 2 rings (SSSR count). The fourth-order valence-electron chi connectivity index (χ4n) is 1.66. The number of benzene rings is 2. The predicted octanol–water partition coefficient (Wildman–Crippen LogP) is 2.32. The van der Waals surface area contributed by atoms with E-state index in [0.29, 0.717) is 17.7 Å². The first-order chi connectivity index (χ1) is 9.69. The van der Waals surface area contributed by atoms with Crippen LogP contribution in [0, 0.1) is 6.92 Å². The molecule has 0 unspecified atom stereocenters. The van der Waals surface area contributed by atoms with Crippen molar-refractivity contribution >= 4 is 23.7 Å². The fourth-order valence-corrected chi connectivity index (χ4v) is 1.66. The summed E-state index contributed by atoms with van der Waals surface area (Å²) in [6, 6.07) is 14.4. The Morgan fingerprint density at radius 3 is 2.15 bits per heavy atom. The highest BCUT2D eigenvalue weighted by molar-refractivity contribution is 6.04. The maximum atomic E-state index is 12.0. The average molecular weight is 269 g/mol. The fraction of sp³-hybridized carbons (Fsp3) is 0.0667. The summed E-state index contributed by atoms with van der Waals surface area (Å²) in [4.78, 5) is 22.1. The highest BCUT2D eigenvalue weighted by Gasteiger charge is 2.05. The van der Waals surface area contributed by atoms with Crippen molar-refractivity contribution in [3.8, 4) is 0 Å². The molecule has 5 nitrogen and oxygen atoms in total. The largest absolute Gasteiger partial charge is 0.322 e. The van der Waals surface area contributed by atoms with Crippen molar-refractivity contribution in [2.45, 2.75) is 6.92 Å². The molecule has 0 aliphatic carbocycles. The molecular weight excluding hydrogens is 254 g/mol. The van der Waals surface area contributed by atoms with Crippen molar-refractivity contribution in [1.82, 2.24) is 5.43 Å². The highest BCUT2D eigenvalue weighted by atomic mass is 16.1. The molecule has 3 N–H and O–H groups in total. The lowest BCUT2D eigenvalue weighted by Gasteiger charge is -2.07. The summed E-state index contributed by atoms with van der Waals surface area (Å²) >= 11 is 0. The van der Waals surface area contributed by atoms with Gasteiger partial charge in [-0.3, -0.25) is 20.4 Å². The summed E-state index contributed by atoms with van der Waals surface area (Å²) in [5, 5.41) is 2.80. The molecule has 0 saturated carbocycles. The Hall–Kier alpha value is -2.82. The van der Waals surface area contributed by atoms with Crippen LogP contribution < -0.4 is 16.2 Å². The summed E-state index contributed by atoms with van der Waals surface area (Å²) in [5.74, 6) is -0.156. The minimum absolute atomic E-state index is 0.156. The van der Waals surface area contributed by atoms with Gasteiger partial charge < -0.3 is 5.32 Å². The molecule has 0 aliphatic rings. The standard InChI is InChI=1S/C15H15N3O2/c1-11-2-4-12(5-3-11)15(20)17-13-6-8-14(9-7-13)18-16-10-19/h2-10,18H,1H3,(H,16,19)(H,17,20). The van der Waals surface area contributed by atoms with Gasteiger partial charge in [0.05, 0.1) is 5.69 Å². The molecule has 0 saturated heterocycles. The molecule has 2 amide bonds. The van der Waals surface area contributed by atoms with E-state index in [-0.39, 0.29) is 5.91 Å². The molecule has 0 radical (unpaired) electrons. The number of nitrogens with one attached hydrogen (secondary N) is 3. The summed E-state index contributed by atoms with van der Waals surface area (Å²) in [6.45, 7) is 1.97. The molecule has 0 fully saturated rings. The van der Waals surface area contributed by atoms with Crippen LogP contribution in [0.2, 0.25) is 0 Å². The lowest BCUT2D eigenvalue weighted by Crippen LogP contribution is -2.18. The van der Waals surface area contributed by atoms with Crippen molar-refractivity contribution in [2.75, 3.05) is 10.7 Å². The Kier molecular flexibility index (Phi) is 4.34. The van der Waals surface area contributed by atoms with Gasteiger partial charge in [-0.15, -0.1) is 0 Å². The second-order valence-electron chi connectivity index (χ2n) is 4.28. The third-order valence-electron chi connectivity index (χ3n) is 2.73. The lowest BCUT2D eigenvalue weighted by molar-refractivity contribution is -0.109. The van der Waals surface area contributed by atoms with E-state index in [1.807, 2.05) is 19.1 Å². The topological polar surface area (TPSA) is 70.2 Å². The van der Waals surface area contributed by atoms with Crippen LogP contribution in [0.5, 0.6) is 0 Å². The first-order valence-corrected chi connectivity index (χ1v) is 6.12.